The Morgan fingerprint density at radius 3 is 2.38 bits per heavy atom. The van der Waals surface area contributed by atoms with Gasteiger partial charge in [-0.3, -0.25) is 8.98 Å². The van der Waals surface area contributed by atoms with Gasteiger partial charge in [-0.1, -0.05) is 0 Å². The molecule has 1 aliphatic heterocycles. The van der Waals surface area contributed by atoms with Crippen LogP contribution in [-0.2, 0) is 19.1 Å². The molecular formula is C7H13NO4S. The maximum Gasteiger partial charge on any atom is 0.264 e. The summed E-state index contributed by atoms with van der Waals surface area (Å²) in [5.74, 6) is -0.179. The fourth-order valence-electron chi connectivity index (χ4n) is 1.18. The molecular weight excluding hydrogens is 194 g/mol. The first-order valence-electron chi connectivity index (χ1n) is 3.90. The molecule has 1 fully saturated rings. The number of rotatable bonds is 2. The Bertz CT molecular complexity index is 319. The summed E-state index contributed by atoms with van der Waals surface area (Å²) in [4.78, 5) is 11.2. The summed E-state index contributed by atoms with van der Waals surface area (Å²) in [6.45, 7) is 3.56. The second-order valence-electron chi connectivity index (χ2n) is 3.72. The summed E-state index contributed by atoms with van der Waals surface area (Å²) < 4.78 is 26.4. The van der Waals surface area contributed by atoms with Crippen molar-refractivity contribution >= 4 is 16.0 Å². The van der Waals surface area contributed by atoms with Crippen LogP contribution in [0.25, 0.3) is 0 Å². The van der Waals surface area contributed by atoms with E-state index in [1.165, 1.54) is 0 Å². The quantitative estimate of drug-likeness (QED) is 0.619. The molecule has 1 N–H and O–H groups in total. The van der Waals surface area contributed by atoms with E-state index in [0.29, 0.717) is 0 Å². The maximum absolute atomic E-state index is 11.2. The standard InChI is InChI=1S/C7H13NO4S/c1-7(2)5(4-8-6(7)9)12-13(3,10)11/h5H,4H2,1-3H3,(H,8,9). The second kappa shape index (κ2) is 2.95. The van der Waals surface area contributed by atoms with Crippen molar-refractivity contribution in [2.45, 2.75) is 20.0 Å². The molecule has 1 atom stereocenters. The summed E-state index contributed by atoms with van der Waals surface area (Å²) in [6.07, 6.45) is 0.376. The van der Waals surface area contributed by atoms with Crippen LogP contribution < -0.4 is 5.32 Å². The molecule has 0 aromatic carbocycles. The van der Waals surface area contributed by atoms with Crippen LogP contribution in [0, 0.1) is 5.41 Å². The van der Waals surface area contributed by atoms with Gasteiger partial charge < -0.3 is 5.32 Å². The average molecular weight is 207 g/mol. The van der Waals surface area contributed by atoms with Crippen LogP contribution in [0.4, 0.5) is 0 Å². The fourth-order valence-corrected chi connectivity index (χ4v) is 1.91. The molecule has 0 aromatic heterocycles. The predicted octanol–water partition coefficient (Wildman–Crippen LogP) is -0.513. The van der Waals surface area contributed by atoms with Crippen LogP contribution in [0.5, 0.6) is 0 Å². The van der Waals surface area contributed by atoms with Crippen molar-refractivity contribution in [2.24, 2.45) is 5.41 Å². The molecule has 0 saturated carbocycles. The number of hydrogen-bond donors (Lipinski definition) is 1. The van der Waals surface area contributed by atoms with E-state index >= 15 is 0 Å². The average Bonchev–Trinajstić information content (AvgIpc) is 2.13. The number of carbonyl (C=O) groups excluding carboxylic acids is 1. The molecule has 0 aromatic rings. The normalized spacial score (nSPS) is 27.3. The molecule has 1 saturated heterocycles. The number of amides is 1. The Morgan fingerprint density at radius 2 is 2.08 bits per heavy atom. The van der Waals surface area contributed by atoms with Crippen molar-refractivity contribution in [3.63, 3.8) is 0 Å². The van der Waals surface area contributed by atoms with Crippen LogP contribution in [0.1, 0.15) is 13.8 Å². The third-order valence-corrected chi connectivity index (χ3v) is 2.71. The number of carbonyl (C=O) groups is 1. The zero-order valence-corrected chi connectivity index (χ0v) is 8.64. The lowest BCUT2D eigenvalue weighted by atomic mass is 9.89. The first-order chi connectivity index (χ1) is 5.73. The minimum absolute atomic E-state index is 0.179. The Hall–Kier alpha value is -0.620. The third-order valence-electron chi connectivity index (χ3n) is 2.13. The Morgan fingerprint density at radius 1 is 1.54 bits per heavy atom. The molecule has 1 amide bonds. The van der Waals surface area contributed by atoms with Gasteiger partial charge in [-0.25, -0.2) is 0 Å². The second-order valence-corrected chi connectivity index (χ2v) is 5.32. The largest absolute Gasteiger partial charge is 0.353 e. The summed E-state index contributed by atoms with van der Waals surface area (Å²) >= 11 is 0. The lowest BCUT2D eigenvalue weighted by Gasteiger charge is -2.21. The minimum atomic E-state index is -3.49. The molecule has 0 spiro atoms. The molecule has 1 heterocycles. The SMILES string of the molecule is CC1(C)C(=O)NCC1OS(C)(=O)=O. The zero-order chi connectivity index (χ0) is 10.3. The molecule has 13 heavy (non-hydrogen) atoms. The number of nitrogens with one attached hydrogen (secondary N) is 1. The minimum Gasteiger partial charge on any atom is -0.353 e. The molecule has 0 bridgehead atoms. The van der Waals surface area contributed by atoms with Gasteiger partial charge in [-0.2, -0.15) is 8.42 Å². The highest BCUT2D eigenvalue weighted by Gasteiger charge is 2.44. The smallest absolute Gasteiger partial charge is 0.264 e. The summed E-state index contributed by atoms with van der Waals surface area (Å²) in [5.41, 5.74) is -0.775. The van der Waals surface area contributed by atoms with Crippen molar-refractivity contribution in [3.8, 4) is 0 Å². The van der Waals surface area contributed by atoms with E-state index < -0.39 is 21.6 Å². The molecule has 1 rings (SSSR count). The summed E-state index contributed by atoms with van der Waals surface area (Å²) in [6, 6.07) is 0. The molecule has 1 unspecified atom stereocenters. The maximum atomic E-state index is 11.2. The highest BCUT2D eigenvalue weighted by Crippen LogP contribution is 2.28. The van der Waals surface area contributed by atoms with Crippen molar-refractivity contribution in [3.05, 3.63) is 0 Å². The summed E-state index contributed by atoms with van der Waals surface area (Å²) in [5, 5.41) is 2.55. The van der Waals surface area contributed by atoms with Crippen molar-refractivity contribution in [1.82, 2.24) is 5.32 Å². The Labute approximate surface area is 77.6 Å². The van der Waals surface area contributed by atoms with Crippen molar-refractivity contribution in [1.29, 1.82) is 0 Å². The van der Waals surface area contributed by atoms with Gasteiger partial charge in [0, 0.05) is 6.54 Å². The fraction of sp³-hybridized carbons (Fsp3) is 0.857. The molecule has 6 heteroatoms. The molecule has 1 aliphatic rings. The van der Waals surface area contributed by atoms with Gasteiger partial charge in [0.15, 0.2) is 0 Å². The Balaban J connectivity index is 2.80. The third kappa shape index (κ3) is 2.19. The van der Waals surface area contributed by atoms with E-state index in [1.54, 1.807) is 13.8 Å². The zero-order valence-electron chi connectivity index (χ0n) is 7.83. The van der Waals surface area contributed by atoms with E-state index in [9.17, 15) is 13.2 Å². The summed E-state index contributed by atoms with van der Waals surface area (Å²) in [7, 11) is -3.49. The molecule has 5 nitrogen and oxygen atoms in total. The monoisotopic (exact) mass is 207 g/mol. The van der Waals surface area contributed by atoms with Gasteiger partial charge >= 0.3 is 0 Å². The van der Waals surface area contributed by atoms with Crippen molar-refractivity contribution in [2.75, 3.05) is 12.8 Å². The molecule has 76 valence electrons. The van der Waals surface area contributed by atoms with E-state index in [-0.39, 0.29) is 12.5 Å². The van der Waals surface area contributed by atoms with Gasteiger partial charge in [0.25, 0.3) is 10.1 Å². The Kier molecular flexibility index (Phi) is 2.38. The van der Waals surface area contributed by atoms with Crippen LogP contribution in [0.3, 0.4) is 0 Å². The van der Waals surface area contributed by atoms with Gasteiger partial charge in [0.2, 0.25) is 5.91 Å². The van der Waals surface area contributed by atoms with Gasteiger partial charge in [0.1, 0.15) is 6.10 Å². The van der Waals surface area contributed by atoms with Crippen molar-refractivity contribution < 1.29 is 17.4 Å². The van der Waals surface area contributed by atoms with E-state index in [2.05, 4.69) is 5.32 Å². The van der Waals surface area contributed by atoms with Crippen LogP contribution >= 0.6 is 0 Å². The van der Waals surface area contributed by atoms with Crippen LogP contribution in [0.15, 0.2) is 0 Å². The highest BCUT2D eigenvalue weighted by atomic mass is 32.2. The first-order valence-corrected chi connectivity index (χ1v) is 5.72. The lowest BCUT2D eigenvalue weighted by molar-refractivity contribution is -0.127. The first kappa shape index (κ1) is 10.5. The van der Waals surface area contributed by atoms with Gasteiger partial charge in [0.05, 0.1) is 11.7 Å². The van der Waals surface area contributed by atoms with E-state index in [0.717, 1.165) is 6.26 Å². The topological polar surface area (TPSA) is 72.5 Å². The van der Waals surface area contributed by atoms with Gasteiger partial charge in [-0.15, -0.1) is 0 Å². The highest BCUT2D eigenvalue weighted by molar-refractivity contribution is 7.86. The van der Waals surface area contributed by atoms with E-state index in [4.69, 9.17) is 4.18 Å². The predicted molar refractivity (Wildman–Crippen MR) is 46.5 cm³/mol. The lowest BCUT2D eigenvalue weighted by Crippen LogP contribution is -2.34. The van der Waals surface area contributed by atoms with E-state index in [1.807, 2.05) is 0 Å². The van der Waals surface area contributed by atoms with Gasteiger partial charge in [-0.05, 0) is 13.8 Å². The molecule has 0 radical (unpaired) electrons. The van der Waals surface area contributed by atoms with Crippen LogP contribution in [0.2, 0.25) is 0 Å². The van der Waals surface area contributed by atoms with Crippen LogP contribution in [-0.4, -0.2) is 33.2 Å². The molecule has 0 aliphatic carbocycles. The number of hydrogen-bond acceptors (Lipinski definition) is 4.